The Bertz CT molecular complexity index is 462. The van der Waals surface area contributed by atoms with Crippen molar-refractivity contribution in [3.63, 3.8) is 0 Å². The lowest BCUT2D eigenvalue weighted by Gasteiger charge is -1.99. The number of hydrogen-bond acceptors (Lipinski definition) is 4. The van der Waals surface area contributed by atoms with E-state index in [2.05, 4.69) is 22.6 Å². The molecule has 2 rings (SSSR count). The molecule has 0 atom stereocenters. The number of benzene rings is 1. The third-order valence-electron chi connectivity index (χ3n) is 2.12. The molecule has 4 nitrogen and oxygen atoms in total. The van der Waals surface area contributed by atoms with Crippen LogP contribution in [0.15, 0.2) is 24.3 Å². The van der Waals surface area contributed by atoms with Gasteiger partial charge < -0.3 is 9.72 Å². The van der Waals surface area contributed by atoms with Crippen molar-refractivity contribution >= 4 is 29.6 Å². The van der Waals surface area contributed by atoms with Crippen LogP contribution in [0.1, 0.15) is 12.2 Å². The Morgan fingerprint density at radius 3 is 3.00 bits per heavy atom. The Morgan fingerprint density at radius 1 is 1.44 bits per heavy atom. The first-order valence-electron chi connectivity index (χ1n) is 4.99. The highest BCUT2D eigenvalue weighted by Gasteiger charge is 2.05. The van der Waals surface area contributed by atoms with Crippen LogP contribution in [-0.4, -0.2) is 21.7 Å². The molecule has 0 saturated carbocycles. The Hall–Kier alpha value is -1.49. The lowest BCUT2D eigenvalue weighted by Crippen LogP contribution is -2.05. The van der Waals surface area contributed by atoms with E-state index in [1.165, 1.54) is 0 Å². The average Bonchev–Trinajstić information content (AvgIpc) is 2.69. The number of aromatic amines is 1. The van der Waals surface area contributed by atoms with Crippen molar-refractivity contribution in [1.82, 2.24) is 9.97 Å². The van der Waals surface area contributed by atoms with Gasteiger partial charge in [-0.3, -0.25) is 4.79 Å². The van der Waals surface area contributed by atoms with Gasteiger partial charge in [-0.15, -0.1) is 0 Å². The van der Waals surface area contributed by atoms with E-state index in [4.69, 9.17) is 4.74 Å². The topological polar surface area (TPSA) is 55.0 Å². The number of rotatable bonds is 4. The number of carbonyl (C=O) groups excluding carboxylic acids is 1. The van der Waals surface area contributed by atoms with Crippen molar-refractivity contribution in [2.75, 3.05) is 5.75 Å². The zero-order chi connectivity index (χ0) is 11.4. The molecule has 2 aromatic rings. The lowest BCUT2D eigenvalue weighted by molar-refractivity contribution is -0.144. The molecule has 1 heterocycles. The van der Waals surface area contributed by atoms with Crippen molar-refractivity contribution in [3.8, 4) is 0 Å². The largest absolute Gasteiger partial charge is 0.457 e. The van der Waals surface area contributed by atoms with Crippen molar-refractivity contribution < 1.29 is 9.53 Å². The predicted octanol–water partition coefficient (Wildman–Crippen LogP) is 1.93. The fourth-order valence-electron chi connectivity index (χ4n) is 1.39. The molecule has 0 aliphatic carbocycles. The van der Waals surface area contributed by atoms with Gasteiger partial charge in [-0.25, -0.2) is 4.98 Å². The molecule has 0 aliphatic rings. The number of nitrogens with zero attached hydrogens (tertiary/aromatic N) is 1. The second-order valence-corrected chi connectivity index (χ2v) is 3.78. The highest BCUT2D eigenvalue weighted by Crippen LogP contribution is 2.10. The molecule has 0 spiro atoms. The van der Waals surface area contributed by atoms with Crippen LogP contribution in [-0.2, 0) is 16.1 Å². The number of H-pyrrole nitrogens is 1. The van der Waals surface area contributed by atoms with Crippen molar-refractivity contribution in [2.45, 2.75) is 13.0 Å². The molecule has 0 aliphatic heterocycles. The summed E-state index contributed by atoms with van der Waals surface area (Å²) in [6.45, 7) is 0.182. The van der Waals surface area contributed by atoms with E-state index in [1.54, 1.807) is 0 Å². The summed E-state index contributed by atoms with van der Waals surface area (Å²) in [4.78, 5) is 18.5. The monoisotopic (exact) mass is 236 g/mol. The molecule has 0 saturated heterocycles. The molecule has 5 heteroatoms. The second kappa shape index (κ2) is 5.03. The Labute approximate surface area is 98.4 Å². The molecule has 84 valence electrons. The summed E-state index contributed by atoms with van der Waals surface area (Å²) in [6, 6.07) is 7.68. The maximum Gasteiger partial charge on any atom is 0.307 e. The van der Waals surface area contributed by atoms with E-state index in [-0.39, 0.29) is 12.6 Å². The molecular formula is C11H12N2O2S. The minimum atomic E-state index is -0.254. The Balaban J connectivity index is 2.02. The highest BCUT2D eigenvalue weighted by atomic mass is 32.1. The van der Waals surface area contributed by atoms with Crippen LogP contribution in [0.4, 0.5) is 0 Å². The van der Waals surface area contributed by atoms with Gasteiger partial charge in [-0.1, -0.05) is 12.1 Å². The third-order valence-corrected chi connectivity index (χ3v) is 2.35. The predicted molar refractivity (Wildman–Crippen MR) is 64.4 cm³/mol. The van der Waals surface area contributed by atoms with Crippen LogP contribution in [0.5, 0.6) is 0 Å². The molecule has 0 bridgehead atoms. The van der Waals surface area contributed by atoms with E-state index in [0.717, 1.165) is 11.0 Å². The Morgan fingerprint density at radius 2 is 2.25 bits per heavy atom. The summed E-state index contributed by atoms with van der Waals surface area (Å²) in [5.41, 5.74) is 1.82. The first kappa shape index (κ1) is 11.0. The van der Waals surface area contributed by atoms with Crippen molar-refractivity contribution in [3.05, 3.63) is 30.1 Å². The van der Waals surface area contributed by atoms with Crippen molar-refractivity contribution in [2.24, 2.45) is 0 Å². The first-order chi connectivity index (χ1) is 7.79. The second-order valence-electron chi connectivity index (χ2n) is 3.33. The number of hydrogen-bond donors (Lipinski definition) is 2. The number of ether oxygens (including phenoxy) is 1. The summed E-state index contributed by atoms with van der Waals surface area (Å²) >= 11 is 3.96. The Kier molecular flexibility index (Phi) is 3.46. The van der Waals surface area contributed by atoms with Crippen LogP contribution in [0, 0.1) is 0 Å². The molecule has 1 N–H and O–H groups in total. The van der Waals surface area contributed by atoms with Crippen LogP contribution in [0.25, 0.3) is 11.0 Å². The molecule has 0 unspecified atom stereocenters. The van der Waals surface area contributed by atoms with E-state index in [9.17, 15) is 4.79 Å². The van der Waals surface area contributed by atoms with Gasteiger partial charge in [0, 0.05) is 5.75 Å². The number of para-hydroxylation sites is 2. The quantitative estimate of drug-likeness (QED) is 0.630. The van der Waals surface area contributed by atoms with Gasteiger partial charge in [-0.05, 0) is 12.1 Å². The maximum atomic E-state index is 11.1. The fraction of sp³-hybridized carbons (Fsp3) is 0.273. The number of fused-ring (bicyclic) bond motifs is 1. The van der Waals surface area contributed by atoms with Crippen LogP contribution in [0.2, 0.25) is 0 Å². The average molecular weight is 236 g/mol. The van der Waals surface area contributed by atoms with E-state index in [1.807, 2.05) is 24.3 Å². The third kappa shape index (κ3) is 2.55. The standard InChI is InChI=1S/C11H12N2O2S/c14-11(5-6-16)15-7-10-12-8-3-1-2-4-9(8)13-10/h1-4,16H,5-7H2,(H,12,13). The highest BCUT2D eigenvalue weighted by molar-refractivity contribution is 7.80. The van der Waals surface area contributed by atoms with Gasteiger partial charge in [0.15, 0.2) is 0 Å². The molecule has 1 aromatic carbocycles. The molecule has 0 fully saturated rings. The maximum absolute atomic E-state index is 11.1. The molecule has 0 radical (unpaired) electrons. The minimum Gasteiger partial charge on any atom is -0.457 e. The molecule has 0 amide bonds. The zero-order valence-corrected chi connectivity index (χ0v) is 9.54. The van der Waals surface area contributed by atoms with Crippen LogP contribution < -0.4 is 0 Å². The fourth-order valence-corrected chi connectivity index (χ4v) is 1.57. The number of esters is 1. The summed E-state index contributed by atoms with van der Waals surface area (Å²) in [6.07, 6.45) is 0.323. The summed E-state index contributed by atoms with van der Waals surface area (Å²) in [7, 11) is 0. The van der Waals surface area contributed by atoms with Gasteiger partial charge in [0.05, 0.1) is 17.5 Å². The number of carbonyl (C=O) groups is 1. The molecular weight excluding hydrogens is 224 g/mol. The number of aromatic nitrogens is 2. The van der Waals surface area contributed by atoms with Gasteiger partial charge in [0.25, 0.3) is 0 Å². The zero-order valence-electron chi connectivity index (χ0n) is 8.64. The van der Waals surface area contributed by atoms with Gasteiger partial charge in [0.2, 0.25) is 0 Å². The molecule has 1 aromatic heterocycles. The summed E-state index contributed by atoms with van der Waals surface area (Å²) in [5, 5.41) is 0. The van der Waals surface area contributed by atoms with E-state index in [0.29, 0.717) is 18.0 Å². The normalized spacial score (nSPS) is 10.6. The first-order valence-corrected chi connectivity index (χ1v) is 5.63. The lowest BCUT2D eigenvalue weighted by atomic mass is 10.3. The van der Waals surface area contributed by atoms with Gasteiger partial charge in [0.1, 0.15) is 12.4 Å². The van der Waals surface area contributed by atoms with Crippen LogP contribution >= 0.6 is 12.6 Å². The van der Waals surface area contributed by atoms with E-state index < -0.39 is 0 Å². The number of nitrogens with one attached hydrogen (secondary N) is 1. The minimum absolute atomic E-state index is 0.182. The van der Waals surface area contributed by atoms with Gasteiger partial charge in [-0.2, -0.15) is 12.6 Å². The van der Waals surface area contributed by atoms with Crippen molar-refractivity contribution in [1.29, 1.82) is 0 Å². The summed E-state index contributed by atoms with van der Waals surface area (Å²) < 4.78 is 5.02. The summed E-state index contributed by atoms with van der Waals surface area (Å²) in [5.74, 6) is 0.906. The molecule has 16 heavy (non-hydrogen) atoms. The SMILES string of the molecule is O=C(CCS)OCc1nc2ccccc2[nH]1. The number of imidazole rings is 1. The van der Waals surface area contributed by atoms with E-state index >= 15 is 0 Å². The van der Waals surface area contributed by atoms with Crippen LogP contribution in [0.3, 0.4) is 0 Å². The van der Waals surface area contributed by atoms with Gasteiger partial charge >= 0.3 is 5.97 Å². The smallest absolute Gasteiger partial charge is 0.307 e. The number of thiol groups is 1.